The lowest BCUT2D eigenvalue weighted by atomic mass is 9.90. The number of methoxy groups -OCH3 is 1. The maximum absolute atomic E-state index is 13.9. The van der Waals surface area contributed by atoms with Crippen LogP contribution in [0.3, 0.4) is 0 Å². The lowest BCUT2D eigenvalue weighted by Crippen LogP contribution is -2.51. The Bertz CT molecular complexity index is 1260. The average Bonchev–Trinajstić information content (AvgIpc) is 2.78. The molecule has 4 rings (SSSR count). The number of ether oxygens (including phenoxy) is 1. The number of hydrogen-bond donors (Lipinski definition) is 1. The number of benzene rings is 3. The number of rotatable bonds is 8. The third-order valence-electron chi connectivity index (χ3n) is 6.18. The first-order chi connectivity index (χ1) is 16.6. The SMILES string of the molecule is COC(=O)c1cc(F)cc(NS(=O)(=O)CC2CN(C(c3ccc(C)cc3)c3ccc(C)cc3)C2)c1. The van der Waals surface area contributed by atoms with Gasteiger partial charge in [0, 0.05) is 19.0 Å². The Hall–Kier alpha value is -3.23. The molecule has 0 bridgehead atoms. The van der Waals surface area contributed by atoms with Crippen molar-refractivity contribution < 1.29 is 22.3 Å². The fourth-order valence-electron chi connectivity index (χ4n) is 4.45. The van der Waals surface area contributed by atoms with Gasteiger partial charge in [0.25, 0.3) is 0 Å². The molecule has 1 heterocycles. The number of aryl methyl sites for hydroxylation is 2. The topological polar surface area (TPSA) is 75.7 Å². The molecule has 0 amide bonds. The summed E-state index contributed by atoms with van der Waals surface area (Å²) in [6.45, 7) is 5.33. The van der Waals surface area contributed by atoms with Crippen LogP contribution >= 0.6 is 0 Å². The highest BCUT2D eigenvalue weighted by Crippen LogP contribution is 2.35. The van der Waals surface area contributed by atoms with Crippen LogP contribution in [0, 0.1) is 25.6 Å². The van der Waals surface area contributed by atoms with E-state index < -0.39 is 21.8 Å². The van der Waals surface area contributed by atoms with Crippen LogP contribution in [-0.4, -0.2) is 45.2 Å². The van der Waals surface area contributed by atoms with Crippen LogP contribution < -0.4 is 4.72 Å². The molecule has 1 N–H and O–H groups in total. The summed E-state index contributed by atoms with van der Waals surface area (Å²) in [5.41, 5.74) is 4.63. The molecule has 1 fully saturated rings. The standard InChI is InChI=1S/C27H29FN2O4S/c1-18-4-8-21(9-5-18)26(22-10-6-19(2)7-11-22)30-15-20(16-30)17-35(32,33)29-25-13-23(27(31)34-3)12-24(28)14-25/h4-14,20,26,29H,15-17H2,1-3H3. The zero-order valence-electron chi connectivity index (χ0n) is 20.0. The van der Waals surface area contributed by atoms with Gasteiger partial charge >= 0.3 is 5.97 Å². The van der Waals surface area contributed by atoms with Crippen molar-refractivity contribution in [3.8, 4) is 0 Å². The number of anilines is 1. The Morgan fingerprint density at radius 1 is 1.00 bits per heavy atom. The highest BCUT2D eigenvalue weighted by atomic mass is 32.2. The molecular formula is C27H29FN2O4S. The maximum atomic E-state index is 13.9. The van der Waals surface area contributed by atoms with E-state index in [0.717, 1.165) is 23.3 Å². The highest BCUT2D eigenvalue weighted by molar-refractivity contribution is 7.92. The maximum Gasteiger partial charge on any atom is 0.338 e. The van der Waals surface area contributed by atoms with Gasteiger partial charge in [-0.3, -0.25) is 9.62 Å². The Labute approximate surface area is 205 Å². The molecule has 3 aromatic carbocycles. The molecule has 0 spiro atoms. The Morgan fingerprint density at radius 2 is 1.54 bits per heavy atom. The average molecular weight is 497 g/mol. The number of esters is 1. The van der Waals surface area contributed by atoms with Crippen LogP contribution in [-0.2, 0) is 14.8 Å². The molecule has 0 aliphatic carbocycles. The van der Waals surface area contributed by atoms with Gasteiger partial charge in [-0.1, -0.05) is 59.7 Å². The van der Waals surface area contributed by atoms with Crippen LogP contribution in [0.25, 0.3) is 0 Å². The third kappa shape index (κ3) is 6.07. The normalized spacial score (nSPS) is 14.5. The molecule has 0 saturated carbocycles. The van der Waals surface area contributed by atoms with Gasteiger partial charge in [0.2, 0.25) is 10.0 Å². The van der Waals surface area contributed by atoms with Crippen LogP contribution in [0.2, 0.25) is 0 Å². The van der Waals surface area contributed by atoms with Crippen molar-refractivity contribution in [1.82, 2.24) is 4.90 Å². The van der Waals surface area contributed by atoms with Crippen molar-refractivity contribution in [1.29, 1.82) is 0 Å². The minimum Gasteiger partial charge on any atom is -0.465 e. The molecule has 1 aliphatic heterocycles. The Balaban J connectivity index is 1.45. The fourth-order valence-corrected chi connectivity index (χ4v) is 5.85. The van der Waals surface area contributed by atoms with E-state index in [2.05, 4.69) is 76.7 Å². The van der Waals surface area contributed by atoms with Crippen LogP contribution in [0.5, 0.6) is 0 Å². The van der Waals surface area contributed by atoms with Crippen molar-refractivity contribution in [3.05, 3.63) is 100 Å². The van der Waals surface area contributed by atoms with Gasteiger partial charge in [-0.25, -0.2) is 17.6 Å². The van der Waals surface area contributed by atoms with E-state index >= 15 is 0 Å². The lowest BCUT2D eigenvalue weighted by Gasteiger charge is -2.44. The summed E-state index contributed by atoms with van der Waals surface area (Å²) < 4.78 is 46.5. The summed E-state index contributed by atoms with van der Waals surface area (Å²) >= 11 is 0. The number of nitrogens with one attached hydrogen (secondary N) is 1. The number of carbonyl (C=O) groups excluding carboxylic acids is 1. The van der Waals surface area contributed by atoms with Gasteiger partial charge in [-0.15, -0.1) is 0 Å². The first kappa shape index (κ1) is 24.9. The predicted molar refractivity (Wildman–Crippen MR) is 134 cm³/mol. The predicted octanol–water partition coefficient (Wildman–Crippen LogP) is 4.69. The molecule has 1 saturated heterocycles. The molecule has 0 unspecified atom stereocenters. The van der Waals surface area contributed by atoms with E-state index in [0.29, 0.717) is 13.1 Å². The number of nitrogens with zero attached hydrogens (tertiary/aromatic N) is 1. The second-order valence-electron chi connectivity index (χ2n) is 9.15. The van der Waals surface area contributed by atoms with E-state index in [-0.39, 0.29) is 29.0 Å². The second-order valence-corrected chi connectivity index (χ2v) is 10.9. The summed E-state index contributed by atoms with van der Waals surface area (Å²) in [4.78, 5) is 14.0. The van der Waals surface area contributed by atoms with E-state index in [9.17, 15) is 17.6 Å². The molecule has 3 aromatic rings. The summed E-state index contributed by atoms with van der Waals surface area (Å²) in [7, 11) is -2.57. The molecule has 6 nitrogen and oxygen atoms in total. The van der Waals surface area contributed by atoms with Gasteiger partial charge in [-0.2, -0.15) is 0 Å². The van der Waals surface area contributed by atoms with Crippen LogP contribution in [0.15, 0.2) is 66.7 Å². The zero-order valence-corrected chi connectivity index (χ0v) is 20.8. The minimum atomic E-state index is -3.75. The number of hydrogen-bond acceptors (Lipinski definition) is 5. The molecule has 1 aliphatic rings. The molecule has 0 radical (unpaired) electrons. The van der Waals surface area contributed by atoms with Crippen molar-refractivity contribution >= 4 is 21.7 Å². The number of halogens is 1. The third-order valence-corrected chi connectivity index (χ3v) is 7.64. The zero-order chi connectivity index (χ0) is 25.2. The Kier molecular flexibility index (Phi) is 7.23. The van der Waals surface area contributed by atoms with Crippen molar-refractivity contribution in [3.63, 3.8) is 0 Å². The first-order valence-corrected chi connectivity index (χ1v) is 13.1. The first-order valence-electron chi connectivity index (χ1n) is 11.4. The van der Waals surface area contributed by atoms with E-state index in [1.165, 1.54) is 24.3 Å². The summed E-state index contributed by atoms with van der Waals surface area (Å²) in [6, 6.07) is 20.2. The number of sulfonamides is 1. The molecule has 8 heteroatoms. The number of carbonyl (C=O) groups is 1. The smallest absolute Gasteiger partial charge is 0.338 e. The summed E-state index contributed by atoms with van der Waals surface area (Å²) in [5.74, 6) is -1.63. The Morgan fingerprint density at radius 3 is 2.06 bits per heavy atom. The van der Waals surface area contributed by atoms with Crippen molar-refractivity contribution in [2.75, 3.05) is 30.7 Å². The molecule has 0 aromatic heterocycles. The van der Waals surface area contributed by atoms with Crippen molar-refractivity contribution in [2.24, 2.45) is 5.92 Å². The van der Waals surface area contributed by atoms with Gasteiger partial charge in [0.05, 0.1) is 30.2 Å². The van der Waals surface area contributed by atoms with Crippen LogP contribution in [0.1, 0.15) is 38.7 Å². The summed E-state index contributed by atoms with van der Waals surface area (Å²) in [5, 5.41) is 0. The monoisotopic (exact) mass is 496 g/mol. The van der Waals surface area contributed by atoms with Crippen LogP contribution in [0.4, 0.5) is 10.1 Å². The van der Waals surface area contributed by atoms with Gasteiger partial charge in [-0.05, 0) is 43.2 Å². The summed E-state index contributed by atoms with van der Waals surface area (Å²) in [6.07, 6.45) is 0. The minimum absolute atomic E-state index is 0.00114. The van der Waals surface area contributed by atoms with E-state index in [1.807, 2.05) is 0 Å². The molecule has 184 valence electrons. The van der Waals surface area contributed by atoms with Gasteiger partial charge in [0.15, 0.2) is 0 Å². The number of likely N-dealkylation sites (tertiary alicyclic amines) is 1. The van der Waals surface area contributed by atoms with Gasteiger partial charge in [0.1, 0.15) is 5.82 Å². The lowest BCUT2D eigenvalue weighted by molar-refractivity contribution is 0.0600. The van der Waals surface area contributed by atoms with E-state index in [4.69, 9.17) is 0 Å². The quantitative estimate of drug-likeness (QED) is 0.458. The van der Waals surface area contributed by atoms with E-state index in [1.54, 1.807) is 0 Å². The largest absolute Gasteiger partial charge is 0.465 e. The van der Waals surface area contributed by atoms with Gasteiger partial charge < -0.3 is 4.74 Å². The highest BCUT2D eigenvalue weighted by Gasteiger charge is 2.36. The molecular weight excluding hydrogens is 467 g/mol. The molecule has 35 heavy (non-hydrogen) atoms. The van der Waals surface area contributed by atoms with Crippen molar-refractivity contribution in [2.45, 2.75) is 19.9 Å². The second kappa shape index (κ2) is 10.2. The molecule has 0 atom stereocenters. The fraction of sp³-hybridized carbons (Fsp3) is 0.296.